The Hall–Kier alpha value is -0.660. The molecule has 0 heterocycles. The zero-order chi connectivity index (χ0) is 6.43. The summed E-state index contributed by atoms with van der Waals surface area (Å²) in [6.07, 6.45) is 2.35. The van der Waals surface area contributed by atoms with E-state index in [0.29, 0.717) is 6.42 Å². The van der Waals surface area contributed by atoms with Gasteiger partial charge in [0.25, 0.3) is 0 Å². The Morgan fingerprint density at radius 2 is 2.00 bits per heavy atom. The van der Waals surface area contributed by atoms with E-state index in [1.54, 1.807) is 0 Å². The Morgan fingerprint density at radius 1 is 1.22 bits per heavy atom. The maximum absolute atomic E-state index is 11.0. The smallest absolute Gasteiger partial charge is 0.146 e. The first-order valence-corrected chi connectivity index (χ1v) is 3.35. The average molecular weight is 124 g/mol. The van der Waals surface area contributed by atoms with Gasteiger partial charge in [-0.15, -0.1) is 0 Å². The van der Waals surface area contributed by atoms with E-state index in [9.17, 15) is 9.59 Å². The van der Waals surface area contributed by atoms with Gasteiger partial charge in [-0.25, -0.2) is 0 Å². The largest absolute Gasteiger partial charge is 0.299 e. The van der Waals surface area contributed by atoms with Gasteiger partial charge in [0.2, 0.25) is 0 Å². The highest BCUT2D eigenvalue weighted by molar-refractivity contribution is 6.11. The lowest BCUT2D eigenvalue weighted by atomic mass is 10.00. The molecule has 9 heavy (non-hydrogen) atoms. The topological polar surface area (TPSA) is 34.1 Å². The predicted octanol–water partition coefficient (Wildman–Crippen LogP) is 0.554. The van der Waals surface area contributed by atoms with E-state index in [2.05, 4.69) is 0 Å². The maximum Gasteiger partial charge on any atom is 0.146 e. The third-order valence-electron chi connectivity index (χ3n) is 2.39. The fraction of sp³-hybridized carbons (Fsp3) is 0.714. The molecule has 0 spiro atoms. The van der Waals surface area contributed by atoms with Gasteiger partial charge in [-0.2, -0.15) is 0 Å². The van der Waals surface area contributed by atoms with Crippen molar-refractivity contribution in [1.29, 1.82) is 0 Å². The summed E-state index contributed by atoms with van der Waals surface area (Å²) in [5.74, 6) is 0.369. The Balaban J connectivity index is 2.36. The summed E-state index contributed by atoms with van der Waals surface area (Å²) in [5, 5.41) is 0. The Labute approximate surface area is 53.2 Å². The monoisotopic (exact) mass is 124 g/mol. The van der Waals surface area contributed by atoms with Crippen molar-refractivity contribution in [1.82, 2.24) is 0 Å². The van der Waals surface area contributed by atoms with Crippen LogP contribution in [0, 0.1) is 11.8 Å². The molecule has 0 aromatic carbocycles. The van der Waals surface area contributed by atoms with Crippen molar-refractivity contribution in [3.05, 3.63) is 0 Å². The number of carbonyl (C=O) groups is 2. The van der Waals surface area contributed by atoms with E-state index >= 15 is 0 Å². The Morgan fingerprint density at radius 3 is 2.22 bits per heavy atom. The molecule has 2 unspecified atom stereocenters. The second-order valence-corrected chi connectivity index (χ2v) is 2.90. The molecule has 0 aromatic rings. The van der Waals surface area contributed by atoms with E-state index in [1.165, 1.54) is 0 Å². The minimum atomic E-state index is -0.171. The molecule has 0 radical (unpaired) electrons. The third-order valence-corrected chi connectivity index (χ3v) is 2.39. The predicted molar refractivity (Wildman–Crippen MR) is 30.8 cm³/mol. The maximum atomic E-state index is 11.0. The van der Waals surface area contributed by atoms with Crippen LogP contribution in [0.2, 0.25) is 0 Å². The van der Waals surface area contributed by atoms with Crippen LogP contribution in [0.1, 0.15) is 19.3 Å². The minimum absolute atomic E-state index is 0.127. The number of rotatable bonds is 0. The summed E-state index contributed by atoms with van der Waals surface area (Å²) in [6, 6.07) is 0. The molecule has 2 fully saturated rings. The van der Waals surface area contributed by atoms with Gasteiger partial charge in [-0.1, -0.05) is 0 Å². The molecule has 2 heteroatoms. The van der Waals surface area contributed by atoms with Crippen LogP contribution in [0.3, 0.4) is 0 Å². The molecule has 2 aliphatic carbocycles. The summed E-state index contributed by atoms with van der Waals surface area (Å²) in [5.41, 5.74) is 0. The van der Waals surface area contributed by atoms with Crippen molar-refractivity contribution >= 4 is 11.6 Å². The summed E-state index contributed by atoms with van der Waals surface area (Å²) in [6.45, 7) is 0. The molecule has 0 aliphatic heterocycles. The standard InChI is InChI=1S/C7H8O2/c8-6-3-4-1-2-5(6)7(4)9/h4-5H,1-3H2. The highest BCUT2D eigenvalue weighted by Gasteiger charge is 2.46. The quantitative estimate of drug-likeness (QED) is 0.442. The molecule has 2 aliphatic rings. The van der Waals surface area contributed by atoms with Crippen LogP contribution in [-0.4, -0.2) is 11.6 Å². The molecule has 2 bridgehead atoms. The second-order valence-electron chi connectivity index (χ2n) is 2.90. The Kier molecular flexibility index (Phi) is 0.821. The van der Waals surface area contributed by atoms with Gasteiger partial charge < -0.3 is 0 Å². The molecular formula is C7H8O2. The van der Waals surface area contributed by atoms with Gasteiger partial charge in [0.1, 0.15) is 11.6 Å². The molecule has 2 nitrogen and oxygen atoms in total. The van der Waals surface area contributed by atoms with Gasteiger partial charge >= 0.3 is 0 Å². The van der Waals surface area contributed by atoms with Crippen LogP contribution in [0.25, 0.3) is 0 Å². The van der Waals surface area contributed by atoms with Crippen LogP contribution in [-0.2, 0) is 9.59 Å². The Bertz CT molecular complexity index is 183. The molecule has 0 saturated heterocycles. The number of Topliss-reactive ketones (excluding diaryl/α,β-unsaturated/α-hetero) is 2. The minimum Gasteiger partial charge on any atom is -0.299 e. The first-order valence-electron chi connectivity index (χ1n) is 3.35. The van der Waals surface area contributed by atoms with Crippen molar-refractivity contribution in [3.63, 3.8) is 0 Å². The third kappa shape index (κ3) is 0.506. The van der Waals surface area contributed by atoms with E-state index in [4.69, 9.17) is 0 Å². The molecule has 2 rings (SSSR count). The van der Waals surface area contributed by atoms with E-state index in [-0.39, 0.29) is 23.4 Å². The van der Waals surface area contributed by atoms with Crippen molar-refractivity contribution in [2.24, 2.45) is 11.8 Å². The van der Waals surface area contributed by atoms with Crippen LogP contribution >= 0.6 is 0 Å². The highest BCUT2D eigenvalue weighted by atomic mass is 16.2. The van der Waals surface area contributed by atoms with Crippen LogP contribution in [0.5, 0.6) is 0 Å². The van der Waals surface area contributed by atoms with Gasteiger partial charge in [-0.3, -0.25) is 9.59 Å². The normalized spacial score (nSPS) is 40.4. The van der Waals surface area contributed by atoms with E-state index in [0.717, 1.165) is 12.8 Å². The van der Waals surface area contributed by atoms with Crippen molar-refractivity contribution in [2.75, 3.05) is 0 Å². The lowest BCUT2D eigenvalue weighted by molar-refractivity contribution is -0.126. The summed E-state index contributed by atoms with van der Waals surface area (Å²) in [4.78, 5) is 21.8. The molecule has 0 N–H and O–H groups in total. The van der Waals surface area contributed by atoms with E-state index in [1.807, 2.05) is 0 Å². The fourth-order valence-electron chi connectivity index (χ4n) is 1.84. The summed E-state index contributed by atoms with van der Waals surface area (Å²) >= 11 is 0. The van der Waals surface area contributed by atoms with Gasteiger partial charge in [-0.05, 0) is 12.8 Å². The zero-order valence-corrected chi connectivity index (χ0v) is 5.09. The lowest BCUT2D eigenvalue weighted by Gasteiger charge is -2.02. The van der Waals surface area contributed by atoms with Crippen molar-refractivity contribution < 1.29 is 9.59 Å². The molecule has 2 atom stereocenters. The highest BCUT2D eigenvalue weighted by Crippen LogP contribution is 2.38. The number of carbonyl (C=O) groups excluding carboxylic acids is 2. The molecule has 2 saturated carbocycles. The lowest BCUT2D eigenvalue weighted by Crippen LogP contribution is -2.10. The summed E-state index contributed by atoms with van der Waals surface area (Å²) in [7, 11) is 0. The van der Waals surface area contributed by atoms with Crippen LogP contribution in [0.15, 0.2) is 0 Å². The SMILES string of the molecule is O=C1CC2CCC1C2=O. The molecule has 0 aromatic heterocycles. The van der Waals surface area contributed by atoms with Crippen LogP contribution < -0.4 is 0 Å². The summed E-state index contributed by atoms with van der Waals surface area (Å²) < 4.78 is 0. The van der Waals surface area contributed by atoms with Gasteiger partial charge in [0.05, 0.1) is 5.92 Å². The van der Waals surface area contributed by atoms with Crippen LogP contribution in [0.4, 0.5) is 0 Å². The average Bonchev–Trinajstić information content (AvgIpc) is 2.25. The fourth-order valence-corrected chi connectivity index (χ4v) is 1.84. The van der Waals surface area contributed by atoms with E-state index < -0.39 is 0 Å². The zero-order valence-electron chi connectivity index (χ0n) is 5.09. The van der Waals surface area contributed by atoms with Crippen molar-refractivity contribution in [3.8, 4) is 0 Å². The number of ketones is 2. The molecule has 48 valence electrons. The number of hydrogen-bond acceptors (Lipinski definition) is 2. The van der Waals surface area contributed by atoms with Gasteiger partial charge in [0.15, 0.2) is 0 Å². The van der Waals surface area contributed by atoms with Crippen molar-refractivity contribution in [2.45, 2.75) is 19.3 Å². The molecular weight excluding hydrogens is 116 g/mol. The van der Waals surface area contributed by atoms with Gasteiger partial charge in [0, 0.05) is 12.3 Å². The first-order chi connectivity index (χ1) is 4.29. The second kappa shape index (κ2) is 1.43. The molecule has 0 amide bonds. The first kappa shape index (κ1) is 5.15. The number of fused-ring (bicyclic) bond motifs is 2. The number of hydrogen-bond donors (Lipinski definition) is 0.